The van der Waals surface area contributed by atoms with Gasteiger partial charge in [0.25, 0.3) is 0 Å². The number of rotatable bonds is 9. The van der Waals surface area contributed by atoms with Gasteiger partial charge in [0.1, 0.15) is 0 Å². The highest BCUT2D eigenvalue weighted by molar-refractivity contribution is 7.92. The molecule has 5 rings (SSSR count). The first kappa shape index (κ1) is 27.0. The Morgan fingerprint density at radius 3 is 2.70 bits per heavy atom. The molecule has 1 aromatic rings. The fourth-order valence-corrected chi connectivity index (χ4v) is 8.06. The summed E-state index contributed by atoms with van der Waals surface area (Å²) in [5, 5.41) is 9.50. The summed E-state index contributed by atoms with van der Waals surface area (Å²) in [4.78, 5) is 15.4. The summed E-state index contributed by atoms with van der Waals surface area (Å²) in [7, 11) is -3.42. The molecule has 0 bridgehead atoms. The Kier molecular flexibility index (Phi) is 9.15. The van der Waals surface area contributed by atoms with E-state index in [-0.39, 0.29) is 18.1 Å². The first-order valence-corrected chi connectivity index (χ1v) is 15.5. The Labute approximate surface area is 220 Å². The van der Waals surface area contributed by atoms with Gasteiger partial charge in [-0.1, -0.05) is 12.1 Å². The Hall–Kier alpha value is -1.56. The molecule has 37 heavy (non-hydrogen) atoms. The summed E-state index contributed by atoms with van der Waals surface area (Å²) < 4.78 is 38.2. The van der Waals surface area contributed by atoms with Gasteiger partial charge < -0.3 is 25.4 Å². The van der Waals surface area contributed by atoms with Gasteiger partial charge in [0.05, 0.1) is 42.1 Å². The number of carbonyl (C=O) groups excluding carboxylic acids is 1. The van der Waals surface area contributed by atoms with Crippen LogP contribution in [0.4, 0.5) is 0 Å². The second kappa shape index (κ2) is 12.5. The van der Waals surface area contributed by atoms with Gasteiger partial charge >= 0.3 is 0 Å². The summed E-state index contributed by atoms with van der Waals surface area (Å²) in [5.74, 6) is 0.538. The van der Waals surface area contributed by atoms with E-state index in [1.54, 1.807) is 12.1 Å². The number of benzene rings is 1. The number of hydrogen-bond donors (Lipinski definition) is 3. The molecule has 5 unspecified atom stereocenters. The third kappa shape index (κ3) is 6.91. The van der Waals surface area contributed by atoms with Gasteiger partial charge in [-0.2, -0.15) is 0 Å². The van der Waals surface area contributed by atoms with E-state index >= 15 is 0 Å². The van der Waals surface area contributed by atoms with Gasteiger partial charge in [-0.3, -0.25) is 9.69 Å². The summed E-state index contributed by atoms with van der Waals surface area (Å²) in [6, 6.07) is 7.29. The topological polar surface area (TPSA) is 109 Å². The van der Waals surface area contributed by atoms with Crippen molar-refractivity contribution in [2.45, 2.75) is 73.4 Å². The van der Waals surface area contributed by atoms with Crippen LogP contribution in [-0.4, -0.2) is 95.2 Å². The van der Waals surface area contributed by atoms with Crippen LogP contribution >= 0.6 is 0 Å². The smallest absolute Gasteiger partial charge is 0.237 e. The highest BCUT2D eigenvalue weighted by Gasteiger charge is 2.38. The SMILES string of the molecule is O=C(NCc1ccc(S(=O)(=O)C2CCCC(OCCN3CCOCC3)C2)cc1)C1CC2CNCCC2N1. The largest absolute Gasteiger partial charge is 0.379 e. The maximum Gasteiger partial charge on any atom is 0.237 e. The van der Waals surface area contributed by atoms with Gasteiger partial charge in [-0.05, 0) is 75.2 Å². The molecule has 0 spiro atoms. The first-order chi connectivity index (χ1) is 18.0. The predicted molar refractivity (Wildman–Crippen MR) is 141 cm³/mol. The van der Waals surface area contributed by atoms with E-state index in [9.17, 15) is 13.2 Å². The van der Waals surface area contributed by atoms with Crippen molar-refractivity contribution >= 4 is 15.7 Å². The molecular weight excluding hydrogens is 492 g/mol. The van der Waals surface area contributed by atoms with Crippen LogP contribution in [0.1, 0.15) is 44.1 Å². The molecule has 1 saturated carbocycles. The molecule has 0 radical (unpaired) electrons. The van der Waals surface area contributed by atoms with Gasteiger partial charge in [0.15, 0.2) is 9.84 Å². The minimum atomic E-state index is -3.42. The number of carbonyl (C=O) groups is 1. The molecule has 3 saturated heterocycles. The number of nitrogens with one attached hydrogen (secondary N) is 3. The zero-order valence-corrected chi connectivity index (χ0v) is 22.5. The lowest BCUT2D eigenvalue weighted by Gasteiger charge is -2.31. The van der Waals surface area contributed by atoms with Crippen LogP contribution in [0.15, 0.2) is 29.2 Å². The number of piperidine rings is 1. The minimum Gasteiger partial charge on any atom is -0.379 e. The van der Waals surface area contributed by atoms with Gasteiger partial charge in [0, 0.05) is 32.2 Å². The van der Waals surface area contributed by atoms with Gasteiger partial charge in [-0.25, -0.2) is 8.42 Å². The maximum atomic E-state index is 13.4. The molecule has 4 fully saturated rings. The Morgan fingerprint density at radius 1 is 1.11 bits per heavy atom. The third-order valence-electron chi connectivity index (χ3n) is 8.48. The van der Waals surface area contributed by atoms with Crippen LogP contribution in [0.2, 0.25) is 0 Å². The van der Waals surface area contributed by atoms with Crippen molar-refractivity contribution in [3.63, 3.8) is 0 Å². The number of fused-ring (bicyclic) bond motifs is 1. The molecule has 1 amide bonds. The van der Waals surface area contributed by atoms with E-state index in [4.69, 9.17) is 9.47 Å². The zero-order valence-electron chi connectivity index (χ0n) is 21.7. The Bertz CT molecular complexity index is 985. The van der Waals surface area contributed by atoms with Crippen molar-refractivity contribution < 1.29 is 22.7 Å². The molecule has 4 aliphatic rings. The average Bonchev–Trinajstić information content (AvgIpc) is 3.37. The van der Waals surface area contributed by atoms with Crippen molar-refractivity contribution in [2.24, 2.45) is 5.92 Å². The molecule has 0 aromatic heterocycles. The molecule has 9 nitrogen and oxygen atoms in total. The lowest BCUT2D eigenvalue weighted by molar-refractivity contribution is -0.123. The van der Waals surface area contributed by atoms with E-state index in [2.05, 4.69) is 20.9 Å². The highest BCUT2D eigenvalue weighted by Crippen LogP contribution is 2.30. The van der Waals surface area contributed by atoms with Crippen molar-refractivity contribution in [2.75, 3.05) is 52.5 Å². The molecular formula is C27H42N4O5S. The van der Waals surface area contributed by atoms with Crippen molar-refractivity contribution in [3.05, 3.63) is 29.8 Å². The molecule has 206 valence electrons. The summed E-state index contributed by atoms with van der Waals surface area (Å²) >= 11 is 0. The fourth-order valence-electron chi connectivity index (χ4n) is 6.21. The van der Waals surface area contributed by atoms with Crippen LogP contribution in [0, 0.1) is 5.92 Å². The van der Waals surface area contributed by atoms with Crippen molar-refractivity contribution in [1.82, 2.24) is 20.9 Å². The molecule has 3 heterocycles. The standard InChI is InChI=1S/C27H42N4O5S/c32-27(26-16-21-19-28-9-8-25(21)30-26)29-18-20-4-6-23(7-5-20)37(33,34)24-3-1-2-22(17-24)36-15-12-31-10-13-35-14-11-31/h4-7,21-22,24-26,28,30H,1-3,8-19H2,(H,29,32). The Morgan fingerprint density at radius 2 is 1.92 bits per heavy atom. The van der Waals surface area contributed by atoms with E-state index < -0.39 is 15.1 Å². The molecule has 3 N–H and O–H groups in total. The van der Waals surface area contributed by atoms with Crippen LogP contribution < -0.4 is 16.0 Å². The van der Waals surface area contributed by atoms with E-state index in [0.29, 0.717) is 42.8 Å². The van der Waals surface area contributed by atoms with Crippen molar-refractivity contribution in [1.29, 1.82) is 0 Å². The predicted octanol–water partition coefficient (Wildman–Crippen LogP) is 1.08. The number of amides is 1. The lowest BCUT2D eigenvalue weighted by Crippen LogP contribution is -2.45. The van der Waals surface area contributed by atoms with Crippen LogP contribution in [0.3, 0.4) is 0 Å². The molecule has 3 aliphatic heterocycles. The Balaban J connectivity index is 1.08. The maximum absolute atomic E-state index is 13.4. The second-order valence-corrected chi connectivity index (χ2v) is 13.2. The number of nitrogens with zero attached hydrogens (tertiary/aromatic N) is 1. The van der Waals surface area contributed by atoms with Crippen LogP contribution in [0.5, 0.6) is 0 Å². The third-order valence-corrected chi connectivity index (χ3v) is 10.7. The zero-order chi connectivity index (χ0) is 25.7. The summed E-state index contributed by atoms with van der Waals surface area (Å²) in [6.45, 7) is 7.27. The monoisotopic (exact) mass is 534 g/mol. The van der Waals surface area contributed by atoms with Crippen LogP contribution in [-0.2, 0) is 30.7 Å². The normalized spacial score (nSPS) is 31.1. The minimum absolute atomic E-state index is 0.00661. The number of hydrogen-bond acceptors (Lipinski definition) is 8. The number of sulfone groups is 1. The first-order valence-electron chi connectivity index (χ1n) is 14.0. The molecule has 5 atom stereocenters. The fraction of sp³-hybridized carbons (Fsp3) is 0.741. The quantitative estimate of drug-likeness (QED) is 0.432. The molecule has 10 heteroatoms. The van der Waals surface area contributed by atoms with Crippen molar-refractivity contribution in [3.8, 4) is 0 Å². The molecule has 1 aromatic carbocycles. The summed E-state index contributed by atoms with van der Waals surface area (Å²) in [6.07, 6.45) is 4.93. The van der Waals surface area contributed by atoms with Gasteiger partial charge in [0.2, 0.25) is 5.91 Å². The van der Waals surface area contributed by atoms with E-state index in [1.807, 2.05) is 12.1 Å². The highest BCUT2D eigenvalue weighted by atomic mass is 32.2. The summed E-state index contributed by atoms with van der Waals surface area (Å²) in [5.41, 5.74) is 0.900. The second-order valence-electron chi connectivity index (χ2n) is 11.0. The lowest BCUT2D eigenvalue weighted by atomic mass is 9.94. The number of ether oxygens (including phenoxy) is 2. The average molecular weight is 535 g/mol. The van der Waals surface area contributed by atoms with E-state index in [0.717, 1.165) is 77.2 Å². The van der Waals surface area contributed by atoms with Gasteiger partial charge in [-0.15, -0.1) is 0 Å². The van der Waals surface area contributed by atoms with E-state index in [1.165, 1.54) is 0 Å². The molecule has 1 aliphatic carbocycles. The number of morpholine rings is 1. The van der Waals surface area contributed by atoms with Crippen LogP contribution in [0.25, 0.3) is 0 Å².